The van der Waals surface area contributed by atoms with Gasteiger partial charge >= 0.3 is 0 Å². The second-order valence-corrected chi connectivity index (χ2v) is 9.66. The van der Waals surface area contributed by atoms with Gasteiger partial charge in [0.25, 0.3) is 0 Å². The zero-order valence-corrected chi connectivity index (χ0v) is 19.2. The number of aromatic amines is 1. The van der Waals surface area contributed by atoms with Crippen molar-refractivity contribution in [2.24, 2.45) is 5.92 Å². The first kappa shape index (κ1) is 22.0. The third-order valence-electron chi connectivity index (χ3n) is 6.25. The number of para-hydroxylation sites is 1. The minimum absolute atomic E-state index is 0.109. The molecule has 1 saturated heterocycles. The number of nitrogens with one attached hydrogen (secondary N) is 2. The number of halogens is 1. The summed E-state index contributed by atoms with van der Waals surface area (Å²) in [4.78, 5) is 16.6. The molecule has 172 valence electrons. The van der Waals surface area contributed by atoms with Crippen molar-refractivity contribution in [1.29, 1.82) is 0 Å². The highest BCUT2D eigenvalue weighted by Gasteiger charge is 2.28. The fraction of sp³-hybridized carbons (Fsp3) is 0.360. The molecular weight excluding hydrogens is 439 g/mol. The second kappa shape index (κ2) is 9.97. The number of benzene rings is 2. The summed E-state index contributed by atoms with van der Waals surface area (Å²) in [6, 6.07) is 10.9. The van der Waals surface area contributed by atoms with Gasteiger partial charge in [-0.2, -0.15) is 5.10 Å². The van der Waals surface area contributed by atoms with E-state index < -0.39 is 0 Å². The molecule has 0 radical (unpaired) electrons. The van der Waals surface area contributed by atoms with E-state index in [0.717, 1.165) is 39.6 Å². The Labute approximate surface area is 196 Å². The average Bonchev–Trinajstić information content (AvgIpc) is 3.55. The van der Waals surface area contributed by atoms with Gasteiger partial charge in [0.1, 0.15) is 6.61 Å². The summed E-state index contributed by atoms with van der Waals surface area (Å²) < 4.78 is 19.5. The van der Waals surface area contributed by atoms with Gasteiger partial charge in [0.15, 0.2) is 11.6 Å². The lowest BCUT2D eigenvalue weighted by Gasteiger charge is -2.25. The van der Waals surface area contributed by atoms with Crippen LogP contribution in [0.25, 0.3) is 11.1 Å². The Balaban J connectivity index is 1.31. The zero-order valence-electron chi connectivity index (χ0n) is 18.4. The van der Waals surface area contributed by atoms with Crippen LogP contribution in [-0.4, -0.2) is 53.0 Å². The van der Waals surface area contributed by atoms with Crippen molar-refractivity contribution in [3.63, 3.8) is 0 Å². The quantitative estimate of drug-likeness (QED) is 0.499. The molecule has 0 aliphatic carbocycles. The number of aromatic nitrogens is 2. The number of likely N-dealkylation sites (tertiary alicyclic amines) is 1. The van der Waals surface area contributed by atoms with E-state index in [9.17, 15) is 9.18 Å². The normalized spacial score (nSPS) is 18.0. The smallest absolute Gasteiger partial charge is 0.231 e. The van der Waals surface area contributed by atoms with Crippen LogP contribution < -0.4 is 10.1 Å². The van der Waals surface area contributed by atoms with E-state index in [1.807, 2.05) is 24.4 Å². The highest BCUT2D eigenvalue weighted by molar-refractivity contribution is 7.99. The van der Waals surface area contributed by atoms with Crippen LogP contribution in [0.15, 0.2) is 53.7 Å². The molecule has 0 bridgehead atoms. The predicted octanol–water partition coefficient (Wildman–Crippen LogP) is 4.59. The predicted molar refractivity (Wildman–Crippen MR) is 128 cm³/mol. The molecule has 2 aliphatic rings. The number of fused-ring (bicyclic) bond motifs is 1. The fourth-order valence-corrected chi connectivity index (χ4v) is 5.47. The average molecular weight is 467 g/mol. The SMILES string of the molecule is O=C(Nc1ccc(-c2cn[nH]c2)cc1SCCN1CCCC1)C1COc2c(F)cccc2C1. The summed E-state index contributed by atoms with van der Waals surface area (Å²) in [6.07, 6.45) is 6.67. The molecule has 2 aliphatic heterocycles. The van der Waals surface area contributed by atoms with Crippen LogP contribution in [0.2, 0.25) is 0 Å². The minimum Gasteiger partial charge on any atom is -0.489 e. The Kier molecular flexibility index (Phi) is 6.64. The van der Waals surface area contributed by atoms with Gasteiger partial charge in [-0.05, 0) is 61.7 Å². The van der Waals surface area contributed by atoms with E-state index in [0.29, 0.717) is 6.42 Å². The van der Waals surface area contributed by atoms with Gasteiger partial charge in [-0.15, -0.1) is 11.8 Å². The van der Waals surface area contributed by atoms with E-state index >= 15 is 0 Å². The summed E-state index contributed by atoms with van der Waals surface area (Å²) in [5, 5.41) is 10.0. The largest absolute Gasteiger partial charge is 0.489 e. The van der Waals surface area contributed by atoms with E-state index in [2.05, 4.69) is 26.5 Å². The molecule has 0 spiro atoms. The maximum absolute atomic E-state index is 13.9. The van der Waals surface area contributed by atoms with E-state index in [-0.39, 0.29) is 30.0 Å². The van der Waals surface area contributed by atoms with Gasteiger partial charge in [0, 0.05) is 29.0 Å². The highest BCUT2D eigenvalue weighted by Crippen LogP contribution is 2.34. The molecule has 2 N–H and O–H groups in total. The number of ether oxygens (including phenoxy) is 1. The van der Waals surface area contributed by atoms with Crippen LogP contribution >= 0.6 is 11.8 Å². The Bertz CT molecular complexity index is 1120. The molecule has 3 aromatic rings. The van der Waals surface area contributed by atoms with Crippen LogP contribution in [0.4, 0.5) is 10.1 Å². The van der Waals surface area contributed by atoms with E-state index in [4.69, 9.17) is 4.74 Å². The zero-order chi connectivity index (χ0) is 22.6. The third-order valence-corrected chi connectivity index (χ3v) is 7.28. The van der Waals surface area contributed by atoms with Crippen molar-refractivity contribution in [2.75, 3.05) is 37.3 Å². The summed E-state index contributed by atoms with van der Waals surface area (Å²) in [5.74, 6) is 0.372. The van der Waals surface area contributed by atoms with Gasteiger partial charge in [0.05, 0.1) is 17.8 Å². The maximum atomic E-state index is 13.9. The van der Waals surface area contributed by atoms with Crippen molar-refractivity contribution >= 4 is 23.4 Å². The lowest BCUT2D eigenvalue weighted by Crippen LogP contribution is -2.33. The highest BCUT2D eigenvalue weighted by atomic mass is 32.2. The molecule has 8 heteroatoms. The van der Waals surface area contributed by atoms with Gasteiger partial charge in [0.2, 0.25) is 5.91 Å². The second-order valence-electron chi connectivity index (χ2n) is 8.52. The Morgan fingerprint density at radius 1 is 1.24 bits per heavy atom. The fourth-order valence-electron chi connectivity index (χ4n) is 4.41. The molecule has 5 rings (SSSR count). The van der Waals surface area contributed by atoms with Crippen LogP contribution in [0.5, 0.6) is 5.75 Å². The van der Waals surface area contributed by atoms with Crippen molar-refractivity contribution in [3.8, 4) is 16.9 Å². The van der Waals surface area contributed by atoms with Gasteiger partial charge in [-0.25, -0.2) is 4.39 Å². The summed E-state index contributed by atoms with van der Waals surface area (Å²) in [5.41, 5.74) is 3.59. The maximum Gasteiger partial charge on any atom is 0.231 e. The van der Waals surface area contributed by atoms with Crippen LogP contribution in [0, 0.1) is 11.7 Å². The van der Waals surface area contributed by atoms with Crippen LogP contribution in [-0.2, 0) is 11.2 Å². The van der Waals surface area contributed by atoms with E-state index in [1.54, 1.807) is 24.0 Å². The van der Waals surface area contributed by atoms with Crippen molar-refractivity contribution in [3.05, 3.63) is 60.2 Å². The first-order valence-corrected chi connectivity index (χ1v) is 12.4. The number of anilines is 1. The van der Waals surface area contributed by atoms with Crippen LogP contribution in [0.3, 0.4) is 0 Å². The first-order valence-electron chi connectivity index (χ1n) is 11.4. The third kappa shape index (κ3) is 5.07. The Hall–Kier alpha value is -2.84. The molecule has 3 heterocycles. The monoisotopic (exact) mass is 466 g/mol. The lowest BCUT2D eigenvalue weighted by atomic mass is 9.95. The first-order chi connectivity index (χ1) is 16.2. The lowest BCUT2D eigenvalue weighted by molar-refractivity contribution is -0.121. The molecule has 2 aromatic carbocycles. The number of nitrogens with zero attached hydrogens (tertiary/aromatic N) is 2. The molecule has 1 atom stereocenters. The Morgan fingerprint density at radius 3 is 2.94 bits per heavy atom. The summed E-state index contributed by atoms with van der Waals surface area (Å²) in [6.45, 7) is 3.54. The molecule has 6 nitrogen and oxygen atoms in total. The van der Waals surface area contributed by atoms with Crippen molar-refractivity contribution in [2.45, 2.75) is 24.2 Å². The minimum atomic E-state index is -0.377. The number of thioether (sulfide) groups is 1. The number of carbonyl (C=O) groups excluding carboxylic acids is 1. The number of hydrogen-bond donors (Lipinski definition) is 2. The van der Waals surface area contributed by atoms with Gasteiger partial charge in [-0.1, -0.05) is 18.2 Å². The molecule has 1 aromatic heterocycles. The van der Waals surface area contributed by atoms with Gasteiger partial charge in [-0.3, -0.25) is 9.89 Å². The number of hydrogen-bond acceptors (Lipinski definition) is 5. The summed E-state index contributed by atoms with van der Waals surface area (Å²) >= 11 is 1.76. The standard InChI is InChI=1S/C25H27FN4O2S/c26-21-5-3-4-18-12-19(16-32-24(18)21)25(31)29-22-7-6-17(20-14-27-28-15-20)13-23(22)33-11-10-30-8-1-2-9-30/h3-7,13-15,19H,1-2,8-12,16H2,(H,27,28)(H,29,31). The topological polar surface area (TPSA) is 70.2 Å². The summed E-state index contributed by atoms with van der Waals surface area (Å²) in [7, 11) is 0. The number of amides is 1. The molecular formula is C25H27FN4O2S. The Morgan fingerprint density at radius 2 is 2.12 bits per heavy atom. The van der Waals surface area contributed by atoms with E-state index in [1.165, 1.54) is 32.0 Å². The molecule has 33 heavy (non-hydrogen) atoms. The van der Waals surface area contributed by atoms with Gasteiger partial charge < -0.3 is 15.0 Å². The molecule has 0 saturated carbocycles. The number of H-pyrrole nitrogens is 1. The number of rotatable bonds is 7. The molecule has 1 fully saturated rings. The molecule has 1 unspecified atom stereocenters. The molecule has 1 amide bonds. The van der Waals surface area contributed by atoms with Crippen molar-refractivity contribution < 1.29 is 13.9 Å². The van der Waals surface area contributed by atoms with Crippen LogP contribution in [0.1, 0.15) is 18.4 Å². The van der Waals surface area contributed by atoms with Crippen molar-refractivity contribution in [1.82, 2.24) is 15.1 Å². The number of carbonyl (C=O) groups is 1.